The first-order chi connectivity index (χ1) is 9.04. The van der Waals surface area contributed by atoms with Gasteiger partial charge in [-0.2, -0.15) is 0 Å². The molecule has 1 amide bonds. The SMILES string of the molecule is O=C(CCc1cc(Br)cs1)NC(CC1CC1)C(=O)O. The average Bonchev–Trinajstić information content (AvgIpc) is 3.07. The van der Waals surface area contributed by atoms with E-state index in [0.717, 1.165) is 22.2 Å². The Morgan fingerprint density at radius 2 is 2.26 bits per heavy atom. The lowest BCUT2D eigenvalue weighted by Crippen LogP contribution is -2.41. The van der Waals surface area contributed by atoms with Crippen LogP contribution in [0, 0.1) is 5.92 Å². The highest BCUT2D eigenvalue weighted by Gasteiger charge is 2.30. The number of carboxylic acids is 1. The highest BCUT2D eigenvalue weighted by Crippen LogP contribution is 2.33. The van der Waals surface area contributed by atoms with Crippen molar-refractivity contribution >= 4 is 39.1 Å². The van der Waals surface area contributed by atoms with Gasteiger partial charge < -0.3 is 10.4 Å². The Morgan fingerprint density at radius 1 is 1.53 bits per heavy atom. The predicted molar refractivity (Wildman–Crippen MR) is 77.2 cm³/mol. The lowest BCUT2D eigenvalue weighted by Gasteiger charge is -2.13. The van der Waals surface area contributed by atoms with Crippen molar-refractivity contribution in [1.82, 2.24) is 5.32 Å². The average molecular weight is 346 g/mol. The minimum absolute atomic E-state index is 0.183. The van der Waals surface area contributed by atoms with Crippen molar-refractivity contribution in [2.75, 3.05) is 0 Å². The third kappa shape index (κ3) is 4.95. The third-order valence-corrected chi connectivity index (χ3v) is 4.88. The van der Waals surface area contributed by atoms with E-state index in [1.165, 1.54) is 0 Å². The van der Waals surface area contributed by atoms with Crippen LogP contribution in [-0.2, 0) is 16.0 Å². The second-order valence-electron chi connectivity index (χ2n) is 4.87. The third-order valence-electron chi connectivity index (χ3n) is 3.12. The van der Waals surface area contributed by atoms with Crippen LogP contribution in [-0.4, -0.2) is 23.0 Å². The summed E-state index contributed by atoms with van der Waals surface area (Å²) in [5.74, 6) is -0.633. The van der Waals surface area contributed by atoms with Crippen LogP contribution in [0.5, 0.6) is 0 Å². The number of hydrogen-bond donors (Lipinski definition) is 2. The van der Waals surface area contributed by atoms with Gasteiger partial charge in [0.15, 0.2) is 0 Å². The summed E-state index contributed by atoms with van der Waals surface area (Å²) in [7, 11) is 0. The second-order valence-corrected chi connectivity index (χ2v) is 6.78. The standard InChI is InChI=1S/C13H16BrNO3S/c14-9-6-10(19-7-9)3-4-12(16)15-11(13(17)18)5-8-1-2-8/h6-8,11H,1-5H2,(H,15,16)(H,17,18). The molecule has 4 nitrogen and oxygen atoms in total. The topological polar surface area (TPSA) is 66.4 Å². The first-order valence-corrected chi connectivity index (χ1v) is 7.97. The maximum absolute atomic E-state index is 11.8. The molecular weight excluding hydrogens is 330 g/mol. The van der Waals surface area contributed by atoms with Gasteiger partial charge in [-0.25, -0.2) is 4.79 Å². The molecule has 1 aliphatic rings. The van der Waals surface area contributed by atoms with E-state index in [9.17, 15) is 9.59 Å². The van der Waals surface area contributed by atoms with Crippen LogP contribution in [0.3, 0.4) is 0 Å². The summed E-state index contributed by atoms with van der Waals surface area (Å²) in [5, 5.41) is 13.7. The van der Waals surface area contributed by atoms with Gasteiger partial charge in [-0.05, 0) is 40.8 Å². The van der Waals surface area contributed by atoms with E-state index >= 15 is 0 Å². The van der Waals surface area contributed by atoms with Crippen LogP contribution < -0.4 is 5.32 Å². The Kier molecular flexibility index (Phi) is 4.99. The van der Waals surface area contributed by atoms with Gasteiger partial charge >= 0.3 is 5.97 Å². The molecule has 1 heterocycles. The fourth-order valence-electron chi connectivity index (χ4n) is 1.90. The summed E-state index contributed by atoms with van der Waals surface area (Å²) in [5.41, 5.74) is 0. The second kappa shape index (κ2) is 6.52. The van der Waals surface area contributed by atoms with Gasteiger partial charge in [-0.15, -0.1) is 11.3 Å². The maximum Gasteiger partial charge on any atom is 0.326 e. The molecule has 1 unspecified atom stereocenters. The van der Waals surface area contributed by atoms with Crippen molar-refractivity contribution in [1.29, 1.82) is 0 Å². The molecule has 1 aliphatic carbocycles. The summed E-state index contributed by atoms with van der Waals surface area (Å²) < 4.78 is 1.02. The Bertz CT molecular complexity index is 470. The normalized spacial score (nSPS) is 16.1. The quantitative estimate of drug-likeness (QED) is 0.798. The molecule has 0 aromatic carbocycles. The van der Waals surface area contributed by atoms with Crippen LogP contribution in [0.2, 0.25) is 0 Å². The van der Waals surface area contributed by atoms with Gasteiger partial charge in [0.2, 0.25) is 5.91 Å². The zero-order valence-electron chi connectivity index (χ0n) is 10.4. The molecule has 1 atom stereocenters. The van der Waals surface area contributed by atoms with Gasteiger partial charge in [0.1, 0.15) is 6.04 Å². The van der Waals surface area contributed by atoms with Crippen LogP contribution in [0.15, 0.2) is 15.9 Å². The maximum atomic E-state index is 11.8. The number of thiophene rings is 1. The zero-order valence-corrected chi connectivity index (χ0v) is 12.8. The fraction of sp³-hybridized carbons (Fsp3) is 0.538. The number of amides is 1. The molecule has 104 valence electrons. The van der Waals surface area contributed by atoms with Gasteiger partial charge in [0.25, 0.3) is 0 Å². The number of carbonyl (C=O) groups excluding carboxylic acids is 1. The van der Waals surface area contributed by atoms with E-state index in [-0.39, 0.29) is 5.91 Å². The van der Waals surface area contributed by atoms with E-state index in [1.807, 2.05) is 11.4 Å². The predicted octanol–water partition coefficient (Wildman–Crippen LogP) is 2.81. The molecule has 19 heavy (non-hydrogen) atoms. The molecule has 1 aromatic rings. The molecule has 1 fully saturated rings. The van der Waals surface area contributed by atoms with Gasteiger partial charge in [0, 0.05) is 21.2 Å². The van der Waals surface area contributed by atoms with E-state index in [0.29, 0.717) is 25.2 Å². The number of aryl methyl sites for hydroxylation is 1. The molecule has 2 rings (SSSR count). The van der Waals surface area contributed by atoms with Gasteiger partial charge in [-0.1, -0.05) is 12.8 Å². The molecule has 1 aromatic heterocycles. The van der Waals surface area contributed by atoms with Gasteiger partial charge in [0.05, 0.1) is 0 Å². The van der Waals surface area contributed by atoms with Crippen molar-refractivity contribution in [2.45, 2.75) is 38.1 Å². The van der Waals surface area contributed by atoms with E-state index in [2.05, 4.69) is 21.2 Å². The lowest BCUT2D eigenvalue weighted by molar-refractivity contribution is -0.142. The number of hydrogen-bond acceptors (Lipinski definition) is 3. The zero-order chi connectivity index (χ0) is 13.8. The Hall–Kier alpha value is -0.880. The van der Waals surface area contributed by atoms with E-state index in [1.54, 1.807) is 11.3 Å². The molecule has 0 radical (unpaired) electrons. The monoisotopic (exact) mass is 345 g/mol. The van der Waals surface area contributed by atoms with Crippen molar-refractivity contribution in [3.05, 3.63) is 20.8 Å². The Balaban J connectivity index is 1.76. The van der Waals surface area contributed by atoms with Crippen molar-refractivity contribution in [3.63, 3.8) is 0 Å². The Labute approximate surface area is 124 Å². The molecular formula is C13H16BrNO3S. The van der Waals surface area contributed by atoms with Crippen molar-refractivity contribution < 1.29 is 14.7 Å². The number of aliphatic carboxylic acids is 1. The van der Waals surface area contributed by atoms with Gasteiger partial charge in [-0.3, -0.25) is 4.79 Å². The highest BCUT2D eigenvalue weighted by atomic mass is 79.9. The summed E-state index contributed by atoms with van der Waals surface area (Å²) in [6, 6.07) is 1.26. The van der Waals surface area contributed by atoms with Crippen LogP contribution in [0.4, 0.5) is 0 Å². The highest BCUT2D eigenvalue weighted by molar-refractivity contribution is 9.10. The first kappa shape index (κ1) is 14.5. The largest absolute Gasteiger partial charge is 0.480 e. The molecule has 0 bridgehead atoms. The molecule has 0 spiro atoms. The summed E-state index contributed by atoms with van der Waals surface area (Å²) >= 11 is 4.96. The minimum Gasteiger partial charge on any atom is -0.480 e. The van der Waals surface area contributed by atoms with Crippen LogP contribution >= 0.6 is 27.3 Å². The van der Waals surface area contributed by atoms with Crippen molar-refractivity contribution in [2.24, 2.45) is 5.92 Å². The summed E-state index contributed by atoms with van der Waals surface area (Å²) in [6.45, 7) is 0. The fourth-order valence-corrected chi connectivity index (χ4v) is 3.35. The summed E-state index contributed by atoms with van der Waals surface area (Å²) in [6.07, 6.45) is 3.72. The number of rotatable bonds is 7. The molecule has 0 saturated heterocycles. The molecule has 2 N–H and O–H groups in total. The van der Waals surface area contributed by atoms with E-state index in [4.69, 9.17) is 5.11 Å². The number of nitrogens with one attached hydrogen (secondary N) is 1. The number of carbonyl (C=O) groups is 2. The number of halogens is 1. The minimum atomic E-state index is -0.931. The molecule has 1 saturated carbocycles. The summed E-state index contributed by atoms with van der Waals surface area (Å²) in [4.78, 5) is 23.9. The van der Waals surface area contributed by atoms with E-state index < -0.39 is 12.0 Å². The Morgan fingerprint density at radius 3 is 2.79 bits per heavy atom. The molecule has 0 aliphatic heterocycles. The van der Waals surface area contributed by atoms with Crippen LogP contribution in [0.25, 0.3) is 0 Å². The van der Waals surface area contributed by atoms with Crippen molar-refractivity contribution in [3.8, 4) is 0 Å². The first-order valence-electron chi connectivity index (χ1n) is 6.29. The lowest BCUT2D eigenvalue weighted by atomic mass is 10.1. The number of carboxylic acid groups (broad SMARTS) is 1. The smallest absolute Gasteiger partial charge is 0.326 e. The van der Waals surface area contributed by atoms with Crippen LogP contribution in [0.1, 0.15) is 30.6 Å². The molecule has 6 heteroatoms.